The molecule has 0 radical (unpaired) electrons. The second-order valence-electron chi connectivity index (χ2n) is 29.8. The third kappa shape index (κ3) is 7.80. The standard InChI is InChI=1S/C75H82BN3/c1-46-39-65-68-66(40-46)79(62-24-20-23-56-67(62)53-21-18-19-22-54(53)75(56,16)17)63-42-52(77(49-29-25-47(26-30-49)69(2,3)4)50-31-27-48(28-32-50)70(5,6)7)34-36-60(63)76(68)61-43-58-59(74(14,15)45-73(58,12)13)44-64(61)78(65)51-33-35-55-57(41-51)72(10,11)38-37-71(55,8)9/h18-36,39-44H,37-38,45H2,1-17H3. The van der Waals surface area contributed by atoms with E-state index in [4.69, 9.17) is 0 Å². The predicted octanol–water partition coefficient (Wildman–Crippen LogP) is 18.8. The lowest BCUT2D eigenvalue weighted by Crippen LogP contribution is -2.61. The first-order valence-electron chi connectivity index (χ1n) is 29.5. The van der Waals surface area contributed by atoms with E-state index in [-0.39, 0.29) is 44.6 Å². The normalized spacial score (nSPS) is 18.2. The Bertz CT molecular complexity index is 3770. The molecule has 0 fully saturated rings. The fourth-order valence-electron chi connectivity index (χ4n) is 15.6. The SMILES string of the molecule is Cc1cc2c3c(c1)N(c1cccc4c1-c1ccccc1C4(C)C)c1cc(N(c4ccc(C(C)(C)C)cc4)c4ccc(C(C)(C)C)cc4)ccc1B3c1cc3c(cc1N2c1ccc2c(c1)C(C)(C)CCC2(C)C)C(C)(C)CC3(C)C. The molecule has 0 bridgehead atoms. The van der Waals surface area contributed by atoms with Gasteiger partial charge in [0.05, 0.1) is 5.69 Å². The van der Waals surface area contributed by atoms with Crippen LogP contribution in [0, 0.1) is 6.92 Å². The quantitative estimate of drug-likeness (QED) is 0.159. The average Bonchev–Trinajstić information content (AvgIpc) is 2.94. The third-order valence-corrected chi connectivity index (χ3v) is 19.8. The van der Waals surface area contributed by atoms with Crippen molar-refractivity contribution in [2.45, 2.75) is 175 Å². The molecule has 0 aromatic heterocycles. The summed E-state index contributed by atoms with van der Waals surface area (Å²) in [4.78, 5) is 7.89. The van der Waals surface area contributed by atoms with Gasteiger partial charge in [0.1, 0.15) is 0 Å². The maximum atomic E-state index is 2.70. The van der Waals surface area contributed by atoms with Crippen LogP contribution in [0.2, 0.25) is 0 Å². The van der Waals surface area contributed by atoms with Gasteiger partial charge >= 0.3 is 0 Å². The average molecular weight is 1040 g/mol. The van der Waals surface area contributed by atoms with Gasteiger partial charge in [-0.3, -0.25) is 0 Å². The number of hydrogen-bond acceptors (Lipinski definition) is 3. The highest BCUT2D eigenvalue weighted by Gasteiger charge is 2.50. The molecule has 0 unspecified atom stereocenters. The maximum absolute atomic E-state index is 2.70. The van der Waals surface area contributed by atoms with Crippen LogP contribution in [0.25, 0.3) is 11.1 Å². The Balaban J connectivity index is 1.13. The Kier molecular flexibility index (Phi) is 11.0. The molecule has 79 heavy (non-hydrogen) atoms. The highest BCUT2D eigenvalue weighted by atomic mass is 15.2. The van der Waals surface area contributed by atoms with Gasteiger partial charge in [0.25, 0.3) is 6.71 Å². The topological polar surface area (TPSA) is 9.72 Å². The molecular formula is C75H82BN3. The predicted molar refractivity (Wildman–Crippen MR) is 341 cm³/mol. The molecule has 5 aliphatic rings. The van der Waals surface area contributed by atoms with Crippen molar-refractivity contribution < 1.29 is 0 Å². The summed E-state index contributed by atoms with van der Waals surface area (Å²) < 4.78 is 0. The molecule has 0 saturated heterocycles. The molecule has 3 aliphatic carbocycles. The van der Waals surface area contributed by atoms with Crippen molar-refractivity contribution in [2.75, 3.05) is 14.7 Å². The van der Waals surface area contributed by atoms with Crippen LogP contribution in [0.5, 0.6) is 0 Å². The van der Waals surface area contributed by atoms with Gasteiger partial charge in [-0.15, -0.1) is 0 Å². The highest BCUT2D eigenvalue weighted by molar-refractivity contribution is 7.00. The summed E-state index contributed by atoms with van der Waals surface area (Å²) in [5.41, 5.74) is 30.4. The van der Waals surface area contributed by atoms with Crippen LogP contribution in [0.3, 0.4) is 0 Å². The first-order chi connectivity index (χ1) is 37.1. The molecule has 2 heterocycles. The molecule has 0 saturated carbocycles. The van der Waals surface area contributed by atoms with E-state index in [1.165, 1.54) is 125 Å². The third-order valence-electron chi connectivity index (χ3n) is 19.8. The van der Waals surface area contributed by atoms with Gasteiger partial charge in [-0.25, -0.2) is 0 Å². The summed E-state index contributed by atoms with van der Waals surface area (Å²) in [6.07, 6.45) is 3.47. The van der Waals surface area contributed by atoms with Gasteiger partial charge in [0, 0.05) is 56.5 Å². The minimum atomic E-state index is -0.169. The number of aryl methyl sites for hydroxylation is 1. The van der Waals surface area contributed by atoms with Gasteiger partial charge in [0.15, 0.2) is 0 Å². The van der Waals surface area contributed by atoms with Gasteiger partial charge < -0.3 is 14.7 Å². The number of fused-ring (bicyclic) bond motifs is 9. The van der Waals surface area contributed by atoms with Crippen LogP contribution in [0.4, 0.5) is 51.2 Å². The molecule has 13 rings (SSSR count). The van der Waals surface area contributed by atoms with Gasteiger partial charge in [-0.1, -0.05) is 190 Å². The Morgan fingerprint density at radius 3 is 1.57 bits per heavy atom. The number of benzene rings is 8. The maximum Gasteiger partial charge on any atom is 0.252 e. The van der Waals surface area contributed by atoms with Crippen molar-refractivity contribution in [3.05, 3.63) is 202 Å². The zero-order valence-electron chi connectivity index (χ0n) is 50.5. The monoisotopic (exact) mass is 1040 g/mol. The lowest BCUT2D eigenvalue weighted by Gasteiger charge is -2.46. The molecule has 4 heteroatoms. The van der Waals surface area contributed by atoms with Crippen LogP contribution in [-0.2, 0) is 37.9 Å². The lowest BCUT2D eigenvalue weighted by molar-refractivity contribution is 0.332. The van der Waals surface area contributed by atoms with Crippen molar-refractivity contribution in [3.63, 3.8) is 0 Å². The van der Waals surface area contributed by atoms with E-state index in [0.717, 1.165) is 23.5 Å². The Labute approximate surface area is 474 Å². The van der Waals surface area contributed by atoms with Crippen molar-refractivity contribution in [2.24, 2.45) is 0 Å². The molecule has 0 amide bonds. The molecule has 3 nitrogen and oxygen atoms in total. The summed E-state index contributed by atoms with van der Waals surface area (Å²) >= 11 is 0. The van der Waals surface area contributed by atoms with E-state index in [1.54, 1.807) is 0 Å². The smallest absolute Gasteiger partial charge is 0.252 e. The minimum Gasteiger partial charge on any atom is -0.311 e. The molecule has 8 aromatic rings. The number of nitrogens with zero attached hydrogens (tertiary/aromatic N) is 3. The summed E-state index contributed by atoms with van der Waals surface area (Å²) in [7, 11) is 0. The Morgan fingerprint density at radius 1 is 0.418 bits per heavy atom. The molecule has 0 N–H and O–H groups in total. The van der Waals surface area contributed by atoms with Gasteiger partial charge in [0.2, 0.25) is 0 Å². The number of anilines is 9. The molecule has 8 aromatic carbocycles. The van der Waals surface area contributed by atoms with Crippen molar-refractivity contribution in [3.8, 4) is 11.1 Å². The first kappa shape index (κ1) is 51.6. The van der Waals surface area contributed by atoms with Crippen molar-refractivity contribution in [1.82, 2.24) is 0 Å². The van der Waals surface area contributed by atoms with Crippen LogP contribution >= 0.6 is 0 Å². The minimum absolute atomic E-state index is 0.0141. The van der Waals surface area contributed by atoms with Gasteiger partial charge in [-0.05, 0) is 203 Å². The Hall–Kier alpha value is -6.78. The lowest BCUT2D eigenvalue weighted by atomic mass is 9.33. The summed E-state index contributed by atoms with van der Waals surface area (Å²) in [6.45, 7) is 40.7. The zero-order chi connectivity index (χ0) is 55.9. The van der Waals surface area contributed by atoms with Crippen molar-refractivity contribution >= 4 is 74.3 Å². The van der Waals surface area contributed by atoms with Crippen LogP contribution in [0.1, 0.15) is 180 Å². The second kappa shape index (κ2) is 16.9. The van der Waals surface area contributed by atoms with Crippen molar-refractivity contribution in [1.29, 1.82) is 0 Å². The second-order valence-corrected chi connectivity index (χ2v) is 29.8. The fraction of sp³-hybridized carbons (Fsp3) is 0.360. The van der Waals surface area contributed by atoms with Gasteiger partial charge in [-0.2, -0.15) is 0 Å². The molecule has 0 atom stereocenters. The molecular weight excluding hydrogens is 954 g/mol. The summed E-state index contributed by atoms with van der Waals surface area (Å²) in [6, 6.07) is 60.4. The number of hydrogen-bond donors (Lipinski definition) is 0. The van der Waals surface area contributed by atoms with E-state index in [1.807, 2.05) is 0 Å². The van der Waals surface area contributed by atoms with E-state index in [0.29, 0.717) is 0 Å². The molecule has 2 aliphatic heterocycles. The number of rotatable bonds is 5. The van der Waals surface area contributed by atoms with Crippen LogP contribution < -0.4 is 31.1 Å². The molecule has 400 valence electrons. The summed E-state index contributed by atoms with van der Waals surface area (Å²) in [5, 5.41) is 0. The zero-order valence-corrected chi connectivity index (χ0v) is 50.5. The van der Waals surface area contributed by atoms with Crippen LogP contribution in [-0.4, -0.2) is 6.71 Å². The molecule has 0 spiro atoms. The first-order valence-corrected chi connectivity index (χ1v) is 29.5. The highest BCUT2D eigenvalue weighted by Crippen LogP contribution is 2.58. The van der Waals surface area contributed by atoms with E-state index < -0.39 is 0 Å². The van der Waals surface area contributed by atoms with Crippen LogP contribution in [0.15, 0.2) is 152 Å². The van der Waals surface area contributed by atoms with E-state index in [2.05, 4.69) is 284 Å². The Morgan fingerprint density at radius 2 is 0.949 bits per heavy atom. The summed E-state index contributed by atoms with van der Waals surface area (Å²) in [5.74, 6) is 0. The van der Waals surface area contributed by atoms with E-state index in [9.17, 15) is 0 Å². The largest absolute Gasteiger partial charge is 0.311 e. The van der Waals surface area contributed by atoms with E-state index >= 15 is 0 Å². The fourth-order valence-corrected chi connectivity index (χ4v) is 15.6.